The fraction of sp³-hybridized carbons (Fsp3) is 0.406. The predicted octanol–water partition coefficient (Wildman–Crippen LogP) is 5.14. The number of carbonyl (C=O) groups is 2. The Bertz CT molecular complexity index is 1270. The number of aliphatic imine (C=N–C) groups is 1. The van der Waals surface area contributed by atoms with E-state index in [-0.39, 0.29) is 24.4 Å². The van der Waals surface area contributed by atoms with Crippen LogP contribution in [0.3, 0.4) is 0 Å². The van der Waals surface area contributed by atoms with Crippen molar-refractivity contribution in [2.75, 3.05) is 34.7 Å². The molecular formula is C32H43FN6O2. The number of amides is 2. The third-order valence-corrected chi connectivity index (χ3v) is 7.22. The van der Waals surface area contributed by atoms with Crippen molar-refractivity contribution >= 4 is 24.1 Å². The van der Waals surface area contributed by atoms with E-state index in [4.69, 9.17) is 0 Å². The molecule has 2 heterocycles. The first-order valence-electron chi connectivity index (χ1n) is 13.9. The van der Waals surface area contributed by atoms with Crippen LogP contribution in [0.4, 0.5) is 4.39 Å². The average molecular weight is 563 g/mol. The number of rotatable bonds is 8. The van der Waals surface area contributed by atoms with Gasteiger partial charge in [0.1, 0.15) is 12.4 Å². The molecule has 0 spiro atoms. The van der Waals surface area contributed by atoms with E-state index in [1.807, 2.05) is 42.6 Å². The van der Waals surface area contributed by atoms with Gasteiger partial charge in [0.15, 0.2) is 0 Å². The van der Waals surface area contributed by atoms with Crippen molar-refractivity contribution in [3.05, 3.63) is 89.7 Å². The molecule has 1 atom stereocenters. The lowest BCUT2D eigenvalue weighted by molar-refractivity contribution is -0.132. The zero-order valence-electron chi connectivity index (χ0n) is 25.1. The Morgan fingerprint density at radius 2 is 1.88 bits per heavy atom. The molecule has 1 N–H and O–H groups in total. The van der Waals surface area contributed by atoms with Crippen molar-refractivity contribution in [3.63, 3.8) is 0 Å². The van der Waals surface area contributed by atoms with Gasteiger partial charge in [0, 0.05) is 46.8 Å². The average Bonchev–Trinajstić information content (AvgIpc) is 3.18. The van der Waals surface area contributed by atoms with Crippen LogP contribution in [0, 0.1) is 0 Å². The van der Waals surface area contributed by atoms with Gasteiger partial charge in [0.2, 0.25) is 5.91 Å². The molecule has 3 aliphatic rings. The van der Waals surface area contributed by atoms with E-state index < -0.39 is 6.17 Å². The van der Waals surface area contributed by atoms with E-state index in [1.165, 1.54) is 31.9 Å². The number of allylic oxidation sites excluding steroid dienone is 1. The van der Waals surface area contributed by atoms with Gasteiger partial charge in [-0.15, -0.1) is 0 Å². The number of alkyl halides is 1. The van der Waals surface area contributed by atoms with Gasteiger partial charge < -0.3 is 20.1 Å². The van der Waals surface area contributed by atoms with E-state index in [0.29, 0.717) is 23.0 Å². The van der Waals surface area contributed by atoms with Gasteiger partial charge in [-0.3, -0.25) is 9.59 Å². The summed E-state index contributed by atoms with van der Waals surface area (Å²) in [5, 5.41) is 7.02. The molecular weight excluding hydrogens is 519 g/mol. The molecule has 1 fully saturated rings. The first kappa shape index (κ1) is 31.5. The van der Waals surface area contributed by atoms with Crippen LogP contribution in [-0.4, -0.2) is 78.8 Å². The maximum absolute atomic E-state index is 13.6. The van der Waals surface area contributed by atoms with Crippen LogP contribution in [0.5, 0.6) is 0 Å². The highest BCUT2D eigenvalue weighted by Gasteiger charge is 2.37. The molecule has 1 aliphatic carbocycles. The molecule has 2 aliphatic heterocycles. The first-order valence-corrected chi connectivity index (χ1v) is 13.9. The lowest BCUT2D eigenvalue weighted by Gasteiger charge is -2.35. The third-order valence-electron chi connectivity index (χ3n) is 7.22. The van der Waals surface area contributed by atoms with Crippen LogP contribution < -0.4 is 5.32 Å². The van der Waals surface area contributed by atoms with Crippen LogP contribution in [-0.2, 0) is 9.59 Å². The summed E-state index contributed by atoms with van der Waals surface area (Å²) < 4.78 is 11.0. The summed E-state index contributed by atoms with van der Waals surface area (Å²) in [6.45, 7) is 11.0. The fourth-order valence-electron chi connectivity index (χ4n) is 4.81. The Morgan fingerprint density at radius 1 is 1.20 bits per heavy atom. The van der Waals surface area contributed by atoms with E-state index in [1.54, 1.807) is 36.2 Å². The summed E-state index contributed by atoms with van der Waals surface area (Å²) in [5.41, 5.74) is 4.46. The zero-order valence-corrected chi connectivity index (χ0v) is 25.1. The summed E-state index contributed by atoms with van der Waals surface area (Å²) in [5.74, 6) is 0.661. The number of nitrogens with one attached hydrogen (secondary N) is 1. The van der Waals surface area contributed by atoms with Crippen LogP contribution in [0.1, 0.15) is 61.8 Å². The lowest BCUT2D eigenvalue weighted by Crippen LogP contribution is -2.41. The van der Waals surface area contributed by atoms with Gasteiger partial charge in [-0.1, -0.05) is 43.9 Å². The van der Waals surface area contributed by atoms with Crippen molar-refractivity contribution in [3.8, 4) is 0 Å². The molecule has 0 saturated heterocycles. The van der Waals surface area contributed by atoms with Gasteiger partial charge in [-0.05, 0) is 61.4 Å². The van der Waals surface area contributed by atoms with Crippen LogP contribution in [0.2, 0.25) is 0 Å². The summed E-state index contributed by atoms with van der Waals surface area (Å²) in [6, 6.07) is 6.15. The summed E-state index contributed by atoms with van der Waals surface area (Å²) >= 11 is 0. The largest absolute Gasteiger partial charge is 0.347 e. The highest BCUT2D eigenvalue weighted by molar-refractivity contribution is 5.98. The number of benzene rings is 1. The number of hydrogen-bond donors (Lipinski definition) is 1. The molecule has 0 aromatic heterocycles. The highest BCUT2D eigenvalue weighted by atomic mass is 19.1. The molecule has 8 nitrogen and oxygen atoms in total. The number of hydrazine groups is 1. The zero-order chi connectivity index (χ0) is 30.3. The Labute approximate surface area is 243 Å². The van der Waals surface area contributed by atoms with E-state index >= 15 is 0 Å². The Kier molecular flexibility index (Phi) is 10.8. The predicted molar refractivity (Wildman–Crippen MR) is 164 cm³/mol. The Morgan fingerprint density at radius 3 is 2.41 bits per heavy atom. The standard InChI is InChI=1S/C29H36N6O2.C3H7F/c1-7-20-13-14-23(21-11-9-12-21)24(17-20)27-25(18-35(34(27)6)19-26(36)32(3)4)31-29(37)22(8-2)28-30-15-10-16-33(28)5;1-3(2)4/h7-8,10,13-18,21,27H,1-2,9,11-12,19H2,3-6H3,(H,31,37);3H,1-2H3/b28-22+;. The Balaban J connectivity index is 0.00000108. The maximum Gasteiger partial charge on any atom is 0.259 e. The molecule has 220 valence electrons. The van der Waals surface area contributed by atoms with E-state index in [9.17, 15) is 14.0 Å². The smallest absolute Gasteiger partial charge is 0.259 e. The quantitative estimate of drug-likeness (QED) is 0.445. The Hall–Kier alpha value is -3.98. The molecule has 1 unspecified atom stereocenters. The second kappa shape index (κ2) is 14.1. The van der Waals surface area contributed by atoms with Crippen LogP contribution in [0.15, 0.2) is 78.0 Å². The monoisotopic (exact) mass is 562 g/mol. The molecule has 41 heavy (non-hydrogen) atoms. The molecule has 4 rings (SSSR count). The molecule has 1 aromatic rings. The molecule has 1 aromatic carbocycles. The topological polar surface area (TPSA) is 71.5 Å². The summed E-state index contributed by atoms with van der Waals surface area (Å²) in [4.78, 5) is 33.9. The lowest BCUT2D eigenvalue weighted by atomic mass is 9.76. The first-order chi connectivity index (χ1) is 19.5. The molecule has 9 heteroatoms. The minimum Gasteiger partial charge on any atom is -0.347 e. The van der Waals surface area contributed by atoms with Crippen molar-refractivity contribution in [1.29, 1.82) is 0 Å². The maximum atomic E-state index is 13.6. The normalized spacial score (nSPS) is 19.7. The summed E-state index contributed by atoms with van der Waals surface area (Å²) in [6.07, 6.45) is 13.4. The van der Waals surface area contributed by atoms with Crippen LogP contribution >= 0.6 is 0 Å². The van der Waals surface area contributed by atoms with Gasteiger partial charge in [-0.25, -0.2) is 14.4 Å². The molecule has 2 amide bonds. The van der Waals surface area contributed by atoms with Gasteiger partial charge >= 0.3 is 0 Å². The minimum absolute atomic E-state index is 0.0349. The second-order valence-corrected chi connectivity index (χ2v) is 10.8. The second-order valence-electron chi connectivity index (χ2n) is 10.8. The van der Waals surface area contributed by atoms with Crippen molar-refractivity contribution < 1.29 is 14.0 Å². The number of nitrogens with zero attached hydrogens (tertiary/aromatic N) is 5. The summed E-state index contributed by atoms with van der Waals surface area (Å²) in [7, 11) is 7.27. The van der Waals surface area contributed by atoms with Crippen molar-refractivity contribution in [1.82, 2.24) is 25.1 Å². The number of hydrogen-bond acceptors (Lipinski definition) is 6. The number of carbonyl (C=O) groups excluding carboxylic acids is 2. The molecule has 0 radical (unpaired) electrons. The fourth-order valence-corrected chi connectivity index (χ4v) is 4.81. The minimum atomic E-state index is -0.667. The van der Waals surface area contributed by atoms with E-state index in [0.717, 1.165) is 24.0 Å². The van der Waals surface area contributed by atoms with Crippen molar-refractivity contribution in [2.45, 2.75) is 51.2 Å². The van der Waals surface area contributed by atoms with Gasteiger partial charge in [0.25, 0.3) is 5.91 Å². The molecule has 1 saturated carbocycles. The van der Waals surface area contributed by atoms with Crippen LogP contribution in [0.25, 0.3) is 6.08 Å². The number of likely N-dealkylation sites (N-methyl/N-ethyl adjacent to an activating group) is 2. The number of halogens is 1. The highest BCUT2D eigenvalue weighted by Crippen LogP contribution is 2.44. The van der Waals surface area contributed by atoms with Gasteiger partial charge in [0.05, 0.1) is 23.5 Å². The van der Waals surface area contributed by atoms with Gasteiger partial charge in [-0.2, -0.15) is 0 Å². The molecule has 0 bridgehead atoms. The third kappa shape index (κ3) is 7.61. The van der Waals surface area contributed by atoms with E-state index in [2.05, 4.69) is 41.7 Å². The SMILES string of the molecule is C=C/C(C(=O)NC1=CN(CC(=O)N(C)C)N(C)C1c1cc(C=C)ccc1C1CCC1)=C1/N=CC=CN1C.CC(C)F. The van der Waals surface area contributed by atoms with Crippen molar-refractivity contribution in [2.24, 2.45) is 4.99 Å².